The van der Waals surface area contributed by atoms with Crippen LogP contribution < -0.4 is 26.2 Å². The number of nitrogens with zero attached hydrogens (tertiary/aromatic N) is 5. The van der Waals surface area contributed by atoms with Gasteiger partial charge in [0.25, 0.3) is 6.71 Å². The molecule has 0 unspecified atom stereocenters. The molecule has 2 aliphatic rings. The molecule has 0 atom stereocenters. The van der Waals surface area contributed by atoms with Crippen molar-refractivity contribution < 1.29 is 11.0 Å². The molecule has 111 heavy (non-hydrogen) atoms. The number of fused-ring (bicyclic) bond motifs is 10. The van der Waals surface area contributed by atoms with Crippen molar-refractivity contribution in [2.45, 2.75) is 131 Å². The number of hydrogen-bond acceptors (Lipinski definition) is 3. The summed E-state index contributed by atoms with van der Waals surface area (Å²) in [5.74, 6) is 0. The smallest absolute Gasteiger partial charge is 0.252 e. The molecule has 0 radical (unpaired) electrons. The number of benzene rings is 14. The van der Waals surface area contributed by atoms with Gasteiger partial charge in [0.1, 0.15) is 11.6 Å². The van der Waals surface area contributed by atoms with E-state index in [1.807, 2.05) is 54.6 Å². The monoisotopic (exact) mass is 1440 g/mol. The minimum absolute atomic E-state index is 0.00196. The van der Waals surface area contributed by atoms with E-state index < -0.39 is 55.1 Å². The quantitative estimate of drug-likeness (QED) is 0.135. The van der Waals surface area contributed by atoms with E-state index in [0.717, 1.165) is 133 Å². The SMILES string of the molecule is [2H]c1c([2H])c([2H])c2c(c1[2H])c1c([2H])c([2H])c([2H])c([2H])c1n2-c1ccc2c(c1)N(c1cccc(-n3c4ccccc4c4ccccc43)c1C#N)c1cc(-c3cc(C(C)(C)C)cc(C(C)(C)C)c3)cc3c1B2c1ccc(-c2cc(C(C)(C)C)cc(C(C)(C)C)c2)cc1N3c1c(-c2ccccc2)cc(C(C)(C)C)cc1-c1cccc(-c2ccccc2)c1. The van der Waals surface area contributed by atoms with E-state index >= 15 is 0 Å². The summed E-state index contributed by atoms with van der Waals surface area (Å²) in [5.41, 5.74) is 25.5. The third-order valence-electron chi connectivity index (χ3n) is 23.1. The molecule has 0 N–H and O–H groups in total. The molecule has 5 nitrogen and oxygen atoms in total. The van der Waals surface area contributed by atoms with Crippen molar-refractivity contribution in [2.24, 2.45) is 0 Å². The molecular weight excluding hydrogens is 1340 g/mol. The summed E-state index contributed by atoms with van der Waals surface area (Å²) < 4.78 is 79.8. The highest BCUT2D eigenvalue weighted by Crippen LogP contribution is 2.55. The lowest BCUT2D eigenvalue weighted by molar-refractivity contribution is 0.568. The summed E-state index contributed by atoms with van der Waals surface area (Å²) in [6.45, 7) is 33.7. The van der Waals surface area contributed by atoms with Gasteiger partial charge in [-0.2, -0.15) is 5.26 Å². The van der Waals surface area contributed by atoms with Crippen LogP contribution in [0.1, 0.15) is 148 Å². The Hall–Kier alpha value is -12.2. The Bertz CT molecular complexity index is 6820. The second-order valence-electron chi connectivity index (χ2n) is 35.6. The number of anilines is 6. The molecule has 16 aromatic rings. The molecule has 0 spiro atoms. The van der Waals surface area contributed by atoms with Crippen molar-refractivity contribution in [1.82, 2.24) is 9.13 Å². The first-order valence-electron chi connectivity index (χ1n) is 42.8. The summed E-state index contributed by atoms with van der Waals surface area (Å²) in [7, 11) is 0. The fourth-order valence-corrected chi connectivity index (χ4v) is 17.0. The standard InChI is InChI=1S/C105H94BN5/c1-101(2,3)74-53-71(54-75(60-74)102(4,5)6)69-48-50-87-95(57-69)111(100-84(67-34-20-17-21-35-67)62-78(105(13,14)15)63-85(100)70-37-30-36-68(52-70)66-32-18-16-19-33-66)98-59-73(72-55-76(103(7,8)9)61-77(56-72)104(10,11)12)58-97-99(98)106(87)88-51-49-79(108-89-42-26-22-38-80(89)81-39-23-27-43-90(81)108)64-96(88)110(97)94-47-31-46-93(86(94)65-107)109-91-44-28-24-40-82(91)83-41-25-29-45-92(83)109/h16-64H,1-15H3/i22D,23D,26D,27D,38D,39D,42D,43D. The van der Waals surface area contributed by atoms with Crippen molar-refractivity contribution in [3.05, 3.63) is 330 Å². The van der Waals surface area contributed by atoms with Gasteiger partial charge in [-0.25, -0.2) is 0 Å². The first-order chi connectivity index (χ1) is 56.5. The number of hydrogen-bond donors (Lipinski definition) is 0. The molecule has 0 fully saturated rings. The van der Waals surface area contributed by atoms with Crippen LogP contribution in [-0.4, -0.2) is 15.8 Å². The van der Waals surface area contributed by atoms with Gasteiger partial charge in [0, 0.05) is 61.1 Å². The Kier molecular flexibility index (Phi) is 14.5. The fraction of sp³-hybridized carbons (Fsp3) is 0.190. The fourth-order valence-electron chi connectivity index (χ4n) is 17.0. The van der Waals surface area contributed by atoms with Crippen LogP contribution in [0.2, 0.25) is 0 Å². The number of rotatable bonds is 9. The maximum absolute atomic E-state index is 12.7. The highest BCUT2D eigenvalue weighted by molar-refractivity contribution is 7.00. The Morgan fingerprint density at radius 3 is 1.26 bits per heavy atom. The molecular formula is C105H94BN5. The van der Waals surface area contributed by atoms with E-state index in [-0.39, 0.29) is 48.9 Å². The van der Waals surface area contributed by atoms with E-state index in [2.05, 4.69) is 318 Å². The highest BCUT2D eigenvalue weighted by Gasteiger charge is 2.46. The second-order valence-corrected chi connectivity index (χ2v) is 35.6. The molecule has 14 aromatic carbocycles. The summed E-state index contributed by atoms with van der Waals surface area (Å²) in [4.78, 5) is 4.84. The lowest BCUT2D eigenvalue weighted by atomic mass is 9.33. The first-order valence-corrected chi connectivity index (χ1v) is 38.8. The molecule has 0 aliphatic carbocycles. The van der Waals surface area contributed by atoms with E-state index in [1.165, 1.54) is 11.1 Å². The Morgan fingerprint density at radius 2 is 0.712 bits per heavy atom. The average molecular weight is 1440 g/mol. The molecule has 0 saturated carbocycles. The maximum Gasteiger partial charge on any atom is 0.252 e. The maximum atomic E-state index is 12.7. The van der Waals surface area contributed by atoms with E-state index in [1.54, 1.807) is 4.57 Å². The molecule has 542 valence electrons. The third-order valence-corrected chi connectivity index (χ3v) is 23.1. The zero-order chi connectivity index (χ0) is 83.9. The van der Waals surface area contributed by atoms with Gasteiger partial charge in [-0.05, 0) is 201 Å². The van der Waals surface area contributed by atoms with Crippen LogP contribution in [0.4, 0.5) is 34.1 Å². The van der Waals surface area contributed by atoms with Crippen LogP contribution in [0.3, 0.4) is 0 Å². The molecule has 0 saturated heterocycles. The first kappa shape index (κ1) is 61.7. The normalized spacial score (nSPS) is 14.1. The van der Waals surface area contributed by atoms with Crippen molar-refractivity contribution in [2.75, 3.05) is 9.80 Å². The summed E-state index contributed by atoms with van der Waals surface area (Å²) >= 11 is 0. The van der Waals surface area contributed by atoms with Gasteiger partial charge in [0.05, 0.1) is 50.1 Å². The predicted molar refractivity (Wildman–Crippen MR) is 475 cm³/mol. The molecule has 6 heteroatoms. The van der Waals surface area contributed by atoms with Gasteiger partial charge < -0.3 is 18.9 Å². The van der Waals surface area contributed by atoms with Gasteiger partial charge >= 0.3 is 0 Å². The van der Waals surface area contributed by atoms with Gasteiger partial charge in [-0.15, -0.1) is 0 Å². The molecule has 4 heterocycles. The minimum Gasteiger partial charge on any atom is -0.310 e. The Labute approximate surface area is 666 Å². The van der Waals surface area contributed by atoms with Crippen LogP contribution in [-0.2, 0) is 27.1 Å². The minimum atomic E-state index is -0.593. The molecule has 2 aliphatic heterocycles. The van der Waals surface area contributed by atoms with Gasteiger partial charge in [-0.1, -0.05) is 316 Å². The van der Waals surface area contributed by atoms with Crippen molar-refractivity contribution >= 4 is 101 Å². The van der Waals surface area contributed by atoms with E-state index in [9.17, 15) is 13.5 Å². The van der Waals surface area contributed by atoms with Crippen LogP contribution in [0, 0.1) is 11.3 Å². The van der Waals surface area contributed by atoms with Gasteiger partial charge in [0.2, 0.25) is 0 Å². The summed E-state index contributed by atoms with van der Waals surface area (Å²) in [6.07, 6.45) is 0. The van der Waals surface area contributed by atoms with Crippen molar-refractivity contribution in [1.29, 1.82) is 5.26 Å². The van der Waals surface area contributed by atoms with Crippen molar-refractivity contribution in [3.63, 3.8) is 0 Å². The second kappa shape index (κ2) is 26.0. The number of nitriles is 1. The van der Waals surface area contributed by atoms with Crippen LogP contribution in [0.25, 0.3) is 111 Å². The highest BCUT2D eigenvalue weighted by atomic mass is 15.2. The van der Waals surface area contributed by atoms with Gasteiger partial charge in [0.15, 0.2) is 0 Å². The van der Waals surface area contributed by atoms with Crippen LogP contribution in [0.15, 0.2) is 297 Å². The Morgan fingerprint density at radius 1 is 0.297 bits per heavy atom. The molecule has 2 aromatic heterocycles. The van der Waals surface area contributed by atoms with Crippen molar-refractivity contribution in [3.8, 4) is 73.1 Å². The number of para-hydroxylation sites is 4. The van der Waals surface area contributed by atoms with E-state index in [0.29, 0.717) is 28.3 Å². The molecule has 0 amide bonds. The van der Waals surface area contributed by atoms with Crippen LogP contribution in [0.5, 0.6) is 0 Å². The summed E-state index contributed by atoms with van der Waals surface area (Å²) in [6, 6.07) is 89.2. The Balaban J connectivity index is 1.06. The summed E-state index contributed by atoms with van der Waals surface area (Å²) in [5, 5.41) is 14.7. The lowest BCUT2D eigenvalue weighted by Gasteiger charge is -2.46. The average Bonchev–Trinajstić information content (AvgIpc) is 1.42. The molecule has 0 bridgehead atoms. The predicted octanol–water partition coefficient (Wildman–Crippen LogP) is 26.7. The zero-order valence-corrected chi connectivity index (χ0v) is 66.0. The molecule has 18 rings (SSSR count). The third kappa shape index (κ3) is 12.0. The van der Waals surface area contributed by atoms with Crippen LogP contribution >= 0.6 is 0 Å². The van der Waals surface area contributed by atoms with E-state index in [4.69, 9.17) is 2.74 Å². The lowest BCUT2D eigenvalue weighted by Crippen LogP contribution is -2.61. The number of aromatic nitrogens is 2. The van der Waals surface area contributed by atoms with Gasteiger partial charge in [-0.3, -0.25) is 0 Å². The largest absolute Gasteiger partial charge is 0.310 e. The topological polar surface area (TPSA) is 40.1 Å². The zero-order valence-electron chi connectivity index (χ0n) is 74.0.